The molecular formula is C11H11BrF3NO4. The zero-order valence-electron chi connectivity index (χ0n) is 10.3. The van der Waals surface area contributed by atoms with Crippen LogP contribution in [0.25, 0.3) is 0 Å². The van der Waals surface area contributed by atoms with Gasteiger partial charge in [0.2, 0.25) is 0 Å². The maximum atomic E-state index is 12.1. The van der Waals surface area contributed by atoms with E-state index in [0.717, 1.165) is 6.07 Å². The molecule has 5 nitrogen and oxygen atoms in total. The maximum absolute atomic E-state index is 12.1. The number of hydrogen-bond donors (Lipinski definition) is 1. The lowest BCUT2D eigenvalue weighted by Gasteiger charge is -2.11. The number of halogens is 4. The van der Waals surface area contributed by atoms with Crippen LogP contribution in [0.4, 0.5) is 13.2 Å². The minimum absolute atomic E-state index is 0.151. The SMILES string of the molecule is CCOC(=O)Cc1cc(OC(F)(F)F)c(=O)[nH]c1CBr. The number of esters is 1. The highest BCUT2D eigenvalue weighted by Crippen LogP contribution is 2.22. The zero-order valence-corrected chi connectivity index (χ0v) is 11.9. The third-order valence-corrected chi connectivity index (χ3v) is 2.74. The predicted molar refractivity (Wildman–Crippen MR) is 66.7 cm³/mol. The summed E-state index contributed by atoms with van der Waals surface area (Å²) in [5.74, 6) is -1.53. The van der Waals surface area contributed by atoms with Crippen molar-refractivity contribution in [1.82, 2.24) is 4.98 Å². The predicted octanol–water partition coefficient (Wildman–Crippen LogP) is 2.27. The van der Waals surface area contributed by atoms with E-state index in [1.54, 1.807) is 6.92 Å². The third kappa shape index (κ3) is 4.87. The summed E-state index contributed by atoms with van der Waals surface area (Å²) in [7, 11) is 0. The van der Waals surface area contributed by atoms with Crippen LogP contribution in [0.2, 0.25) is 0 Å². The van der Waals surface area contributed by atoms with Gasteiger partial charge in [0.25, 0.3) is 5.56 Å². The van der Waals surface area contributed by atoms with Crippen molar-refractivity contribution in [2.75, 3.05) is 6.61 Å². The Morgan fingerprint density at radius 3 is 2.60 bits per heavy atom. The smallest absolute Gasteiger partial charge is 0.466 e. The first-order valence-corrected chi connectivity index (χ1v) is 6.61. The van der Waals surface area contributed by atoms with Gasteiger partial charge in [0.15, 0.2) is 5.75 Å². The molecule has 1 rings (SSSR count). The monoisotopic (exact) mass is 357 g/mol. The lowest BCUT2D eigenvalue weighted by molar-refractivity contribution is -0.275. The largest absolute Gasteiger partial charge is 0.573 e. The Hall–Kier alpha value is -1.51. The number of H-pyrrole nitrogens is 1. The summed E-state index contributed by atoms with van der Waals surface area (Å²) in [4.78, 5) is 25.0. The molecule has 0 fully saturated rings. The number of rotatable bonds is 5. The molecule has 1 aromatic heterocycles. The zero-order chi connectivity index (χ0) is 15.3. The van der Waals surface area contributed by atoms with E-state index in [-0.39, 0.29) is 29.6 Å². The molecule has 1 aromatic rings. The molecule has 0 unspecified atom stereocenters. The number of carbonyl (C=O) groups excluding carboxylic acids is 1. The molecule has 0 aliphatic heterocycles. The van der Waals surface area contributed by atoms with E-state index in [1.165, 1.54) is 0 Å². The molecule has 0 saturated carbocycles. The Bertz CT molecular complexity index is 541. The number of aromatic amines is 1. The van der Waals surface area contributed by atoms with Gasteiger partial charge in [0, 0.05) is 11.0 Å². The molecule has 0 aliphatic carbocycles. The van der Waals surface area contributed by atoms with E-state index in [1.807, 2.05) is 0 Å². The van der Waals surface area contributed by atoms with Gasteiger partial charge in [-0.3, -0.25) is 9.59 Å². The van der Waals surface area contributed by atoms with Crippen LogP contribution in [0.3, 0.4) is 0 Å². The fourth-order valence-electron chi connectivity index (χ4n) is 1.43. The lowest BCUT2D eigenvalue weighted by Crippen LogP contribution is -2.24. The molecule has 0 bridgehead atoms. The molecule has 0 atom stereocenters. The Morgan fingerprint density at radius 2 is 2.10 bits per heavy atom. The number of carbonyl (C=O) groups is 1. The number of pyridine rings is 1. The van der Waals surface area contributed by atoms with Gasteiger partial charge in [-0.1, -0.05) is 15.9 Å². The van der Waals surface area contributed by atoms with E-state index in [2.05, 4.69) is 25.7 Å². The van der Waals surface area contributed by atoms with E-state index >= 15 is 0 Å². The quantitative estimate of drug-likeness (QED) is 0.648. The van der Waals surface area contributed by atoms with E-state index < -0.39 is 23.6 Å². The fourth-order valence-corrected chi connectivity index (χ4v) is 1.94. The van der Waals surface area contributed by atoms with Gasteiger partial charge in [-0.05, 0) is 18.6 Å². The summed E-state index contributed by atoms with van der Waals surface area (Å²) in [6.07, 6.45) is -5.25. The van der Waals surface area contributed by atoms with Crippen LogP contribution in [-0.2, 0) is 21.3 Å². The Morgan fingerprint density at radius 1 is 1.45 bits per heavy atom. The highest BCUT2D eigenvalue weighted by atomic mass is 79.9. The highest BCUT2D eigenvalue weighted by molar-refractivity contribution is 9.08. The molecule has 112 valence electrons. The normalized spacial score (nSPS) is 11.2. The molecule has 0 saturated heterocycles. The molecule has 20 heavy (non-hydrogen) atoms. The molecule has 0 radical (unpaired) electrons. The highest BCUT2D eigenvalue weighted by Gasteiger charge is 2.32. The van der Waals surface area contributed by atoms with Crippen molar-refractivity contribution in [3.63, 3.8) is 0 Å². The van der Waals surface area contributed by atoms with Crippen LogP contribution in [0.5, 0.6) is 5.75 Å². The minimum Gasteiger partial charge on any atom is -0.466 e. The second-order valence-corrected chi connectivity index (χ2v) is 4.19. The van der Waals surface area contributed by atoms with Crippen molar-refractivity contribution in [2.24, 2.45) is 0 Å². The van der Waals surface area contributed by atoms with E-state index in [4.69, 9.17) is 4.74 Å². The maximum Gasteiger partial charge on any atom is 0.573 e. The van der Waals surface area contributed by atoms with E-state index in [9.17, 15) is 22.8 Å². The number of alkyl halides is 4. The number of aromatic nitrogens is 1. The van der Waals surface area contributed by atoms with Crippen LogP contribution in [-0.4, -0.2) is 23.9 Å². The third-order valence-electron chi connectivity index (χ3n) is 2.18. The average Bonchev–Trinajstić information content (AvgIpc) is 2.31. The molecular weight excluding hydrogens is 347 g/mol. The summed E-state index contributed by atoms with van der Waals surface area (Å²) in [5, 5.41) is 0.170. The van der Waals surface area contributed by atoms with Crippen molar-refractivity contribution < 1.29 is 27.4 Å². The molecule has 0 aliphatic rings. The van der Waals surface area contributed by atoms with Crippen LogP contribution in [0, 0.1) is 0 Å². The van der Waals surface area contributed by atoms with Crippen molar-refractivity contribution in [1.29, 1.82) is 0 Å². The number of nitrogens with one attached hydrogen (secondary N) is 1. The van der Waals surface area contributed by atoms with Gasteiger partial charge in [-0.2, -0.15) is 0 Å². The lowest BCUT2D eigenvalue weighted by atomic mass is 10.1. The summed E-state index contributed by atoms with van der Waals surface area (Å²) >= 11 is 3.07. The molecule has 9 heteroatoms. The van der Waals surface area contributed by atoms with Gasteiger partial charge < -0.3 is 14.5 Å². The first-order valence-electron chi connectivity index (χ1n) is 5.49. The van der Waals surface area contributed by atoms with Crippen molar-refractivity contribution in [2.45, 2.75) is 25.0 Å². The number of ether oxygens (including phenoxy) is 2. The Kier molecular flexibility index (Phi) is 5.61. The van der Waals surface area contributed by atoms with Crippen LogP contribution < -0.4 is 10.3 Å². The molecule has 1 heterocycles. The fraction of sp³-hybridized carbons (Fsp3) is 0.455. The average molecular weight is 358 g/mol. The van der Waals surface area contributed by atoms with Gasteiger partial charge in [0.05, 0.1) is 13.0 Å². The van der Waals surface area contributed by atoms with E-state index in [0.29, 0.717) is 0 Å². The second kappa shape index (κ2) is 6.78. The minimum atomic E-state index is -4.98. The van der Waals surface area contributed by atoms with Gasteiger partial charge in [-0.15, -0.1) is 13.2 Å². The van der Waals surface area contributed by atoms with Crippen LogP contribution in [0.1, 0.15) is 18.2 Å². The Labute approximate surface area is 120 Å². The summed E-state index contributed by atoms with van der Waals surface area (Å²) in [6, 6.07) is 0.889. The molecule has 1 N–H and O–H groups in total. The first kappa shape index (κ1) is 16.5. The summed E-state index contributed by atoms with van der Waals surface area (Å²) in [5.41, 5.74) is -0.541. The summed E-state index contributed by atoms with van der Waals surface area (Å²) < 4.78 is 44.7. The van der Waals surface area contributed by atoms with Gasteiger partial charge in [-0.25, -0.2) is 0 Å². The van der Waals surface area contributed by atoms with Crippen LogP contribution >= 0.6 is 15.9 Å². The Balaban J connectivity index is 3.11. The van der Waals surface area contributed by atoms with Crippen molar-refractivity contribution >= 4 is 21.9 Å². The van der Waals surface area contributed by atoms with Gasteiger partial charge in [0.1, 0.15) is 0 Å². The first-order chi connectivity index (χ1) is 9.26. The molecule has 0 amide bonds. The van der Waals surface area contributed by atoms with Gasteiger partial charge >= 0.3 is 12.3 Å². The molecule has 0 spiro atoms. The topological polar surface area (TPSA) is 68.4 Å². The summed E-state index contributed by atoms with van der Waals surface area (Å²) in [6.45, 7) is 1.76. The second-order valence-electron chi connectivity index (χ2n) is 3.63. The standard InChI is InChI=1S/C11H11BrF3NO4/c1-2-19-9(17)4-6-3-8(20-11(13,14)15)10(18)16-7(6)5-12/h3H,2,4-5H2,1H3,(H,16,18). The molecule has 0 aromatic carbocycles. The van der Waals surface area contributed by atoms with Crippen molar-refractivity contribution in [3.05, 3.63) is 27.7 Å². The number of hydrogen-bond acceptors (Lipinski definition) is 4. The van der Waals surface area contributed by atoms with Crippen LogP contribution in [0.15, 0.2) is 10.9 Å². The van der Waals surface area contributed by atoms with Crippen molar-refractivity contribution in [3.8, 4) is 5.75 Å².